The fourth-order valence-corrected chi connectivity index (χ4v) is 3.76. The van der Waals surface area contributed by atoms with E-state index in [2.05, 4.69) is 10.2 Å². The Morgan fingerprint density at radius 2 is 1.93 bits per heavy atom. The van der Waals surface area contributed by atoms with Crippen molar-refractivity contribution in [2.24, 2.45) is 0 Å². The van der Waals surface area contributed by atoms with Crippen LogP contribution in [0.1, 0.15) is 18.3 Å². The molecule has 154 valence electrons. The Balaban J connectivity index is 1.73. The summed E-state index contributed by atoms with van der Waals surface area (Å²) in [6.45, 7) is 3.16. The third kappa shape index (κ3) is 3.42. The minimum Gasteiger partial charge on any atom is -0.295 e. The lowest BCUT2D eigenvalue weighted by molar-refractivity contribution is -0.384. The maximum atomic E-state index is 12.8. The van der Waals surface area contributed by atoms with E-state index in [9.17, 15) is 14.9 Å². The fourth-order valence-electron chi connectivity index (χ4n) is 3.59. The molecule has 0 fully saturated rings. The zero-order chi connectivity index (χ0) is 21.4. The molecule has 2 aromatic heterocycles. The van der Waals surface area contributed by atoms with Gasteiger partial charge in [-0.2, -0.15) is 0 Å². The van der Waals surface area contributed by atoms with Crippen LogP contribution in [0.5, 0.6) is 0 Å². The molecule has 10 heteroatoms. The first-order valence-corrected chi connectivity index (χ1v) is 9.75. The van der Waals surface area contributed by atoms with Crippen molar-refractivity contribution in [2.45, 2.75) is 26.6 Å². The van der Waals surface area contributed by atoms with Gasteiger partial charge in [-0.3, -0.25) is 28.8 Å². The molecule has 4 aromatic rings. The van der Waals surface area contributed by atoms with Crippen LogP contribution in [-0.4, -0.2) is 36.0 Å². The summed E-state index contributed by atoms with van der Waals surface area (Å²) in [7, 11) is 1.87. The highest BCUT2D eigenvalue weighted by Crippen LogP contribution is 2.24. The highest BCUT2D eigenvalue weighted by molar-refractivity contribution is 6.31. The number of nitro groups is 1. The molecule has 0 aliphatic carbocycles. The van der Waals surface area contributed by atoms with Crippen LogP contribution in [0.25, 0.3) is 16.7 Å². The number of nitro benzene ring substituents is 1. The number of halogens is 1. The number of non-ortho nitro benzene ring substituents is 1. The number of para-hydroxylation sites is 1. The summed E-state index contributed by atoms with van der Waals surface area (Å²) in [5.41, 5.74) is 1.28. The molecular formula is C20H19ClN6O3. The molecule has 0 saturated carbocycles. The standard InChI is InChI=1S/C20H19ClN6O3/c1-3-25-19(28)15-6-4-5-7-17(15)26-18(22-23-20(25)26)12-24(2)11-13-10-14(27(29)30)8-9-16(13)21/h4-10H,3,11-12H2,1-2H3. The van der Waals surface area contributed by atoms with Gasteiger partial charge >= 0.3 is 0 Å². The summed E-state index contributed by atoms with van der Waals surface area (Å²) in [5, 5.41) is 20.7. The molecule has 0 spiro atoms. The molecule has 0 amide bonds. The highest BCUT2D eigenvalue weighted by Gasteiger charge is 2.18. The lowest BCUT2D eigenvalue weighted by atomic mass is 10.2. The minimum atomic E-state index is -0.442. The van der Waals surface area contributed by atoms with Crippen molar-refractivity contribution in [1.82, 2.24) is 24.1 Å². The smallest absolute Gasteiger partial charge is 0.269 e. The zero-order valence-corrected chi connectivity index (χ0v) is 17.2. The summed E-state index contributed by atoms with van der Waals surface area (Å²) >= 11 is 6.24. The lowest BCUT2D eigenvalue weighted by Gasteiger charge is -2.17. The third-order valence-corrected chi connectivity index (χ3v) is 5.35. The Morgan fingerprint density at radius 1 is 1.17 bits per heavy atom. The van der Waals surface area contributed by atoms with Gasteiger partial charge in [0.2, 0.25) is 5.78 Å². The molecule has 30 heavy (non-hydrogen) atoms. The Hall–Kier alpha value is -3.30. The Kier molecular flexibility index (Phi) is 5.23. The van der Waals surface area contributed by atoms with Gasteiger partial charge in [-0.1, -0.05) is 23.7 Å². The fraction of sp³-hybridized carbons (Fsp3) is 0.250. The van der Waals surface area contributed by atoms with Crippen molar-refractivity contribution in [2.75, 3.05) is 7.05 Å². The molecule has 0 N–H and O–H groups in total. The van der Waals surface area contributed by atoms with E-state index in [4.69, 9.17) is 11.6 Å². The molecule has 0 bridgehead atoms. The maximum Gasteiger partial charge on any atom is 0.269 e. The first kappa shape index (κ1) is 20.0. The van der Waals surface area contributed by atoms with Gasteiger partial charge < -0.3 is 0 Å². The number of hydrogen-bond acceptors (Lipinski definition) is 6. The van der Waals surface area contributed by atoms with Crippen LogP contribution in [0.4, 0.5) is 5.69 Å². The Labute approximate surface area is 176 Å². The van der Waals surface area contributed by atoms with Crippen molar-refractivity contribution in [3.63, 3.8) is 0 Å². The van der Waals surface area contributed by atoms with E-state index in [1.165, 1.54) is 18.2 Å². The van der Waals surface area contributed by atoms with Gasteiger partial charge in [-0.05, 0) is 37.7 Å². The predicted octanol–water partition coefficient (Wildman–Crippen LogP) is 3.26. The first-order valence-electron chi connectivity index (χ1n) is 9.37. The number of aryl methyl sites for hydroxylation is 1. The second-order valence-electron chi connectivity index (χ2n) is 7.02. The quantitative estimate of drug-likeness (QED) is 0.346. The summed E-state index contributed by atoms with van der Waals surface area (Å²) in [4.78, 5) is 25.3. The van der Waals surface area contributed by atoms with Gasteiger partial charge in [-0.15, -0.1) is 10.2 Å². The highest BCUT2D eigenvalue weighted by atomic mass is 35.5. The molecule has 2 aromatic carbocycles. The molecular weight excluding hydrogens is 408 g/mol. The van der Waals surface area contributed by atoms with Crippen LogP contribution < -0.4 is 5.56 Å². The van der Waals surface area contributed by atoms with E-state index in [-0.39, 0.29) is 11.2 Å². The van der Waals surface area contributed by atoms with Crippen LogP contribution in [0.3, 0.4) is 0 Å². The van der Waals surface area contributed by atoms with E-state index < -0.39 is 4.92 Å². The molecule has 0 atom stereocenters. The summed E-state index contributed by atoms with van der Waals surface area (Å²) in [6, 6.07) is 11.7. The molecule has 0 unspecified atom stereocenters. The molecule has 4 rings (SSSR count). The second kappa shape index (κ2) is 7.85. The van der Waals surface area contributed by atoms with Crippen molar-refractivity contribution in [1.29, 1.82) is 0 Å². The van der Waals surface area contributed by atoms with Crippen molar-refractivity contribution in [3.8, 4) is 0 Å². The van der Waals surface area contributed by atoms with Crippen LogP contribution in [-0.2, 0) is 19.6 Å². The molecule has 0 aliphatic heterocycles. The molecule has 0 aliphatic rings. The van der Waals surface area contributed by atoms with Gasteiger partial charge in [0.05, 0.1) is 22.4 Å². The van der Waals surface area contributed by atoms with Gasteiger partial charge in [0, 0.05) is 30.2 Å². The number of fused-ring (bicyclic) bond motifs is 3. The monoisotopic (exact) mass is 426 g/mol. The largest absolute Gasteiger partial charge is 0.295 e. The normalized spacial score (nSPS) is 11.6. The number of aromatic nitrogens is 4. The van der Waals surface area contributed by atoms with E-state index in [0.717, 1.165) is 5.52 Å². The van der Waals surface area contributed by atoms with Gasteiger partial charge in [-0.25, -0.2) is 0 Å². The Bertz CT molecular complexity index is 1330. The van der Waals surface area contributed by atoms with Gasteiger partial charge in [0.15, 0.2) is 5.82 Å². The van der Waals surface area contributed by atoms with Crippen LogP contribution in [0.15, 0.2) is 47.3 Å². The number of benzene rings is 2. The minimum absolute atomic E-state index is 0.00585. The van der Waals surface area contributed by atoms with Crippen LogP contribution in [0.2, 0.25) is 5.02 Å². The van der Waals surface area contributed by atoms with E-state index in [0.29, 0.717) is 47.2 Å². The van der Waals surface area contributed by atoms with Crippen molar-refractivity contribution in [3.05, 3.63) is 79.3 Å². The average molecular weight is 427 g/mol. The summed E-state index contributed by atoms with van der Waals surface area (Å²) < 4.78 is 3.47. The number of hydrogen-bond donors (Lipinski definition) is 0. The average Bonchev–Trinajstić information content (AvgIpc) is 3.13. The molecule has 0 radical (unpaired) electrons. The summed E-state index contributed by atoms with van der Waals surface area (Å²) in [5.74, 6) is 1.14. The number of rotatable bonds is 6. The van der Waals surface area contributed by atoms with E-state index in [1.54, 1.807) is 10.6 Å². The SMILES string of the molecule is CCn1c(=O)c2ccccc2n2c(CN(C)Cc3cc([N+](=O)[O-])ccc3Cl)nnc12. The molecule has 0 saturated heterocycles. The topological polar surface area (TPSA) is 98.6 Å². The van der Waals surface area contributed by atoms with Crippen molar-refractivity contribution >= 4 is 34.0 Å². The molecule has 2 heterocycles. The molecule has 9 nitrogen and oxygen atoms in total. The van der Waals surface area contributed by atoms with Crippen LogP contribution >= 0.6 is 11.6 Å². The predicted molar refractivity (Wildman–Crippen MR) is 114 cm³/mol. The third-order valence-electron chi connectivity index (χ3n) is 4.98. The lowest BCUT2D eigenvalue weighted by Crippen LogP contribution is -2.24. The van der Waals surface area contributed by atoms with Gasteiger partial charge in [0.1, 0.15) is 0 Å². The van der Waals surface area contributed by atoms with E-state index in [1.807, 2.05) is 41.5 Å². The second-order valence-corrected chi connectivity index (χ2v) is 7.43. The maximum absolute atomic E-state index is 12.8. The zero-order valence-electron chi connectivity index (χ0n) is 16.4. The van der Waals surface area contributed by atoms with Crippen LogP contribution in [0, 0.1) is 10.1 Å². The Morgan fingerprint density at radius 3 is 2.67 bits per heavy atom. The van der Waals surface area contributed by atoms with E-state index >= 15 is 0 Å². The summed E-state index contributed by atoms with van der Waals surface area (Å²) in [6.07, 6.45) is 0. The van der Waals surface area contributed by atoms with Crippen molar-refractivity contribution < 1.29 is 4.92 Å². The number of nitrogens with zero attached hydrogens (tertiary/aromatic N) is 6. The van der Waals surface area contributed by atoms with Gasteiger partial charge in [0.25, 0.3) is 11.2 Å². The first-order chi connectivity index (χ1) is 14.4.